The van der Waals surface area contributed by atoms with Gasteiger partial charge < -0.3 is 10.3 Å². The first kappa shape index (κ1) is 12.8. The zero-order valence-corrected chi connectivity index (χ0v) is 12.1. The van der Waals surface area contributed by atoms with Crippen LogP contribution in [0.15, 0.2) is 0 Å². The van der Waals surface area contributed by atoms with E-state index in [2.05, 4.69) is 31.6 Å². The fraction of sp³-hybridized carbons (Fsp3) is 0.769. The Morgan fingerprint density at radius 2 is 2.06 bits per heavy atom. The van der Waals surface area contributed by atoms with E-state index in [-0.39, 0.29) is 5.54 Å². The van der Waals surface area contributed by atoms with Gasteiger partial charge >= 0.3 is 0 Å². The summed E-state index contributed by atoms with van der Waals surface area (Å²) in [7, 11) is 0. The first-order valence-electron chi connectivity index (χ1n) is 6.31. The smallest absolute Gasteiger partial charge is 0.127 e. The molecule has 0 radical (unpaired) electrons. The number of hydrogen-bond donors (Lipinski definition) is 1. The molecule has 0 aliphatic heterocycles. The van der Waals surface area contributed by atoms with Crippen LogP contribution in [-0.4, -0.2) is 21.6 Å². The molecule has 1 saturated carbocycles. The summed E-state index contributed by atoms with van der Waals surface area (Å²) in [4.78, 5) is 4.80. The fourth-order valence-electron chi connectivity index (χ4n) is 2.20. The van der Waals surface area contributed by atoms with Gasteiger partial charge in [0.15, 0.2) is 0 Å². The maximum Gasteiger partial charge on any atom is 0.127 e. The lowest BCUT2D eigenvalue weighted by Crippen LogP contribution is -2.25. The van der Waals surface area contributed by atoms with Crippen molar-refractivity contribution in [1.29, 1.82) is 0 Å². The highest BCUT2D eigenvalue weighted by molar-refractivity contribution is 7.98. The van der Waals surface area contributed by atoms with Gasteiger partial charge in [-0.3, -0.25) is 0 Å². The predicted molar refractivity (Wildman–Crippen MR) is 75.7 cm³/mol. The van der Waals surface area contributed by atoms with Crippen molar-refractivity contribution in [1.82, 2.24) is 9.55 Å². The molecule has 17 heavy (non-hydrogen) atoms. The first-order valence-corrected chi connectivity index (χ1v) is 7.71. The van der Waals surface area contributed by atoms with E-state index in [4.69, 9.17) is 10.7 Å². The normalized spacial score (nSPS) is 16.5. The van der Waals surface area contributed by atoms with Crippen LogP contribution in [0.3, 0.4) is 0 Å². The van der Waals surface area contributed by atoms with E-state index in [1.807, 2.05) is 11.8 Å². The SMILES string of the molecule is CSCCc1nc(C2CC2)n(C(C)(C)C)c1N. The molecule has 1 aliphatic rings. The van der Waals surface area contributed by atoms with Gasteiger partial charge in [-0.1, -0.05) is 0 Å². The Labute approximate surface area is 108 Å². The first-order chi connectivity index (χ1) is 7.95. The number of nitrogen functional groups attached to an aromatic ring is 1. The molecule has 0 saturated heterocycles. The van der Waals surface area contributed by atoms with Crippen molar-refractivity contribution >= 4 is 17.6 Å². The van der Waals surface area contributed by atoms with Crippen molar-refractivity contribution in [3.05, 3.63) is 11.5 Å². The van der Waals surface area contributed by atoms with Crippen molar-refractivity contribution < 1.29 is 0 Å². The lowest BCUT2D eigenvalue weighted by atomic mass is 10.1. The van der Waals surface area contributed by atoms with Gasteiger partial charge in [-0.25, -0.2) is 4.98 Å². The predicted octanol–water partition coefficient (Wildman–Crippen LogP) is 3.00. The van der Waals surface area contributed by atoms with Gasteiger partial charge in [0.25, 0.3) is 0 Å². The van der Waals surface area contributed by atoms with E-state index >= 15 is 0 Å². The van der Waals surface area contributed by atoms with Crippen LogP contribution in [0, 0.1) is 0 Å². The third kappa shape index (κ3) is 2.62. The van der Waals surface area contributed by atoms with Crippen LogP contribution in [0.4, 0.5) is 5.82 Å². The molecule has 1 aromatic heterocycles. The van der Waals surface area contributed by atoms with Crippen LogP contribution in [0.2, 0.25) is 0 Å². The van der Waals surface area contributed by atoms with Gasteiger partial charge in [0, 0.05) is 17.9 Å². The summed E-state index contributed by atoms with van der Waals surface area (Å²) in [6.07, 6.45) is 5.65. The average Bonchev–Trinajstić information content (AvgIpc) is 2.99. The maximum absolute atomic E-state index is 6.29. The number of hydrogen-bond acceptors (Lipinski definition) is 3. The highest BCUT2D eigenvalue weighted by Gasteiger charge is 2.33. The molecule has 0 unspecified atom stereocenters. The molecule has 0 amide bonds. The highest BCUT2D eigenvalue weighted by Crippen LogP contribution is 2.42. The minimum absolute atomic E-state index is 0.0343. The molecule has 1 heterocycles. The third-order valence-electron chi connectivity index (χ3n) is 3.17. The second-order valence-electron chi connectivity index (χ2n) is 5.83. The summed E-state index contributed by atoms with van der Waals surface area (Å²) < 4.78 is 2.25. The molecule has 0 bridgehead atoms. The Morgan fingerprint density at radius 1 is 1.41 bits per heavy atom. The van der Waals surface area contributed by atoms with Gasteiger partial charge in [-0.2, -0.15) is 11.8 Å². The van der Waals surface area contributed by atoms with Crippen molar-refractivity contribution in [2.45, 2.75) is 51.5 Å². The molecule has 1 fully saturated rings. The molecule has 3 nitrogen and oxygen atoms in total. The molecule has 1 aliphatic carbocycles. The molecule has 0 spiro atoms. The summed E-state index contributed by atoms with van der Waals surface area (Å²) in [5, 5.41) is 0. The van der Waals surface area contributed by atoms with Gasteiger partial charge in [0.1, 0.15) is 11.6 Å². The second kappa shape index (κ2) is 4.56. The summed E-state index contributed by atoms with van der Waals surface area (Å²) >= 11 is 1.85. The number of rotatable bonds is 4. The van der Waals surface area contributed by atoms with Crippen LogP contribution in [0.1, 0.15) is 51.0 Å². The van der Waals surface area contributed by atoms with Crippen molar-refractivity contribution in [3.63, 3.8) is 0 Å². The van der Waals surface area contributed by atoms with E-state index < -0.39 is 0 Å². The second-order valence-corrected chi connectivity index (χ2v) is 6.81. The molecular weight excluding hydrogens is 230 g/mol. The monoisotopic (exact) mass is 253 g/mol. The Morgan fingerprint density at radius 3 is 2.53 bits per heavy atom. The van der Waals surface area contributed by atoms with Crippen LogP contribution in [0.25, 0.3) is 0 Å². The number of imidazole rings is 1. The Bertz CT molecular complexity index is 400. The topological polar surface area (TPSA) is 43.8 Å². The Balaban J connectivity index is 2.37. The summed E-state index contributed by atoms with van der Waals surface area (Å²) in [5.41, 5.74) is 7.42. The summed E-state index contributed by atoms with van der Waals surface area (Å²) in [6.45, 7) is 6.61. The van der Waals surface area contributed by atoms with Gasteiger partial charge in [-0.15, -0.1) is 0 Å². The zero-order chi connectivity index (χ0) is 12.6. The molecule has 0 aromatic carbocycles. The van der Waals surface area contributed by atoms with Crippen molar-refractivity contribution in [2.24, 2.45) is 0 Å². The Hall–Kier alpha value is -0.640. The van der Waals surface area contributed by atoms with Crippen LogP contribution >= 0.6 is 11.8 Å². The standard InChI is InChI=1S/C13H23N3S/c1-13(2,3)16-11(14)10(7-8-17-4)15-12(16)9-5-6-9/h9H,5-8,14H2,1-4H3. The molecule has 96 valence electrons. The molecule has 1 aromatic rings. The maximum atomic E-state index is 6.29. The lowest BCUT2D eigenvalue weighted by Gasteiger charge is -2.25. The van der Waals surface area contributed by atoms with E-state index in [0.717, 1.165) is 23.7 Å². The largest absolute Gasteiger partial charge is 0.384 e. The minimum Gasteiger partial charge on any atom is -0.384 e. The van der Waals surface area contributed by atoms with Gasteiger partial charge in [0.05, 0.1) is 5.69 Å². The number of nitrogens with two attached hydrogens (primary N) is 1. The average molecular weight is 253 g/mol. The number of anilines is 1. The zero-order valence-electron chi connectivity index (χ0n) is 11.3. The van der Waals surface area contributed by atoms with E-state index in [1.165, 1.54) is 18.7 Å². The lowest BCUT2D eigenvalue weighted by molar-refractivity contribution is 0.388. The highest BCUT2D eigenvalue weighted by atomic mass is 32.2. The van der Waals surface area contributed by atoms with Crippen LogP contribution < -0.4 is 5.73 Å². The van der Waals surface area contributed by atoms with Gasteiger partial charge in [-0.05, 0) is 45.6 Å². The van der Waals surface area contributed by atoms with Crippen LogP contribution in [0.5, 0.6) is 0 Å². The molecule has 0 atom stereocenters. The van der Waals surface area contributed by atoms with E-state index in [0.29, 0.717) is 5.92 Å². The minimum atomic E-state index is 0.0343. The van der Waals surface area contributed by atoms with Crippen molar-refractivity contribution in [3.8, 4) is 0 Å². The summed E-state index contributed by atoms with van der Waals surface area (Å²) in [5.74, 6) is 3.84. The Kier molecular flexibility index (Phi) is 3.43. The van der Waals surface area contributed by atoms with Crippen molar-refractivity contribution in [2.75, 3.05) is 17.7 Å². The summed E-state index contributed by atoms with van der Waals surface area (Å²) in [6, 6.07) is 0. The number of aromatic nitrogens is 2. The number of nitrogens with zero attached hydrogens (tertiary/aromatic N) is 2. The van der Waals surface area contributed by atoms with Gasteiger partial charge in [0.2, 0.25) is 0 Å². The van der Waals surface area contributed by atoms with E-state index in [9.17, 15) is 0 Å². The number of thioether (sulfide) groups is 1. The van der Waals surface area contributed by atoms with Crippen LogP contribution in [-0.2, 0) is 12.0 Å². The molecule has 2 N–H and O–H groups in total. The quantitative estimate of drug-likeness (QED) is 0.897. The molecule has 4 heteroatoms. The number of aryl methyl sites for hydroxylation is 1. The van der Waals surface area contributed by atoms with E-state index in [1.54, 1.807) is 0 Å². The third-order valence-corrected chi connectivity index (χ3v) is 3.78. The molecule has 2 rings (SSSR count). The fourth-order valence-corrected chi connectivity index (χ4v) is 2.60. The molecular formula is C13H23N3S.